The first-order chi connectivity index (χ1) is 13.2. The molecule has 1 aliphatic rings. The Balaban J connectivity index is 1.50. The van der Waals surface area contributed by atoms with E-state index in [4.69, 9.17) is 4.74 Å². The van der Waals surface area contributed by atoms with Gasteiger partial charge in [-0.1, -0.05) is 24.6 Å². The molecule has 6 heteroatoms. The SMILES string of the molecule is COc1ccc([C@H]2CCCCN(C(=O)c3cc(-c4cccs4)[nH]n3)C2)cc1. The van der Waals surface area contributed by atoms with Gasteiger partial charge in [0.2, 0.25) is 0 Å². The van der Waals surface area contributed by atoms with Gasteiger partial charge < -0.3 is 9.64 Å². The predicted octanol–water partition coefficient (Wildman–Crippen LogP) is 4.56. The van der Waals surface area contributed by atoms with Crippen LogP contribution < -0.4 is 4.74 Å². The zero-order chi connectivity index (χ0) is 18.6. The van der Waals surface area contributed by atoms with Crippen molar-refractivity contribution in [3.63, 3.8) is 0 Å². The van der Waals surface area contributed by atoms with Crippen molar-refractivity contribution >= 4 is 17.2 Å². The van der Waals surface area contributed by atoms with Gasteiger partial charge in [0.25, 0.3) is 5.91 Å². The molecule has 1 N–H and O–H groups in total. The van der Waals surface area contributed by atoms with Crippen molar-refractivity contribution < 1.29 is 9.53 Å². The summed E-state index contributed by atoms with van der Waals surface area (Å²) in [5.74, 6) is 1.21. The Morgan fingerprint density at radius 2 is 2.11 bits per heavy atom. The number of carbonyl (C=O) groups is 1. The summed E-state index contributed by atoms with van der Waals surface area (Å²) in [5.41, 5.74) is 2.65. The van der Waals surface area contributed by atoms with E-state index in [2.05, 4.69) is 22.3 Å². The fourth-order valence-electron chi connectivity index (χ4n) is 3.63. The van der Waals surface area contributed by atoms with Crippen LogP contribution in [0.3, 0.4) is 0 Å². The maximum atomic E-state index is 13.0. The molecule has 4 rings (SSSR count). The van der Waals surface area contributed by atoms with Crippen LogP contribution in [0, 0.1) is 0 Å². The normalized spacial score (nSPS) is 17.5. The van der Waals surface area contributed by atoms with Crippen LogP contribution >= 0.6 is 11.3 Å². The fraction of sp³-hybridized carbons (Fsp3) is 0.333. The van der Waals surface area contributed by atoms with Crippen molar-refractivity contribution in [2.45, 2.75) is 25.2 Å². The number of benzene rings is 1. The van der Waals surface area contributed by atoms with E-state index < -0.39 is 0 Å². The van der Waals surface area contributed by atoms with Gasteiger partial charge in [0.1, 0.15) is 5.75 Å². The van der Waals surface area contributed by atoms with Gasteiger partial charge in [-0.2, -0.15) is 5.10 Å². The third-order valence-corrected chi connectivity index (χ3v) is 6.03. The minimum atomic E-state index is 0.00877. The van der Waals surface area contributed by atoms with Crippen LogP contribution in [0.1, 0.15) is 41.2 Å². The molecule has 0 radical (unpaired) electrons. The van der Waals surface area contributed by atoms with Gasteiger partial charge in [-0.15, -0.1) is 11.3 Å². The second-order valence-electron chi connectivity index (χ2n) is 6.86. The van der Waals surface area contributed by atoms with Crippen molar-refractivity contribution in [1.82, 2.24) is 15.1 Å². The third kappa shape index (κ3) is 3.90. The highest BCUT2D eigenvalue weighted by Gasteiger charge is 2.25. The zero-order valence-corrected chi connectivity index (χ0v) is 16.2. The average Bonchev–Trinajstić information content (AvgIpc) is 3.35. The van der Waals surface area contributed by atoms with Gasteiger partial charge in [0.15, 0.2) is 5.69 Å². The first kappa shape index (κ1) is 17.8. The van der Waals surface area contributed by atoms with E-state index in [1.54, 1.807) is 18.4 Å². The molecule has 1 fully saturated rings. The second-order valence-corrected chi connectivity index (χ2v) is 7.81. The zero-order valence-electron chi connectivity index (χ0n) is 15.4. The topological polar surface area (TPSA) is 58.2 Å². The highest BCUT2D eigenvalue weighted by Crippen LogP contribution is 2.29. The van der Waals surface area contributed by atoms with Gasteiger partial charge in [0, 0.05) is 19.0 Å². The minimum absolute atomic E-state index is 0.00877. The summed E-state index contributed by atoms with van der Waals surface area (Å²) in [4.78, 5) is 16.1. The molecular weight excluding hydrogens is 358 g/mol. The van der Waals surface area contributed by atoms with Crippen molar-refractivity contribution in [2.75, 3.05) is 20.2 Å². The molecule has 3 heterocycles. The number of hydrogen-bond acceptors (Lipinski definition) is 4. The van der Waals surface area contributed by atoms with Crippen LogP contribution in [0.25, 0.3) is 10.6 Å². The standard InChI is InChI=1S/C21H23N3O2S/c1-26-17-9-7-15(8-10-17)16-5-2-3-11-24(14-16)21(25)19-13-18(22-23-19)20-6-4-12-27-20/h4,6-10,12-13,16H,2-3,5,11,14H2,1H3,(H,22,23)/t16-/m0/s1. The first-order valence-electron chi connectivity index (χ1n) is 9.27. The minimum Gasteiger partial charge on any atom is -0.497 e. The van der Waals surface area contributed by atoms with Crippen LogP contribution in [0.4, 0.5) is 0 Å². The van der Waals surface area contributed by atoms with Crippen LogP contribution in [0.5, 0.6) is 5.75 Å². The summed E-state index contributed by atoms with van der Waals surface area (Å²) < 4.78 is 5.26. The van der Waals surface area contributed by atoms with Crippen molar-refractivity contribution in [3.8, 4) is 16.3 Å². The van der Waals surface area contributed by atoms with Gasteiger partial charge in [0.05, 0.1) is 17.7 Å². The molecule has 1 amide bonds. The number of H-pyrrole nitrogens is 1. The van der Waals surface area contributed by atoms with Crippen molar-refractivity contribution in [3.05, 3.63) is 59.1 Å². The molecule has 3 aromatic rings. The maximum Gasteiger partial charge on any atom is 0.274 e. The Bertz CT molecular complexity index is 887. The monoisotopic (exact) mass is 381 g/mol. The number of hydrogen-bond donors (Lipinski definition) is 1. The summed E-state index contributed by atoms with van der Waals surface area (Å²) >= 11 is 1.63. The molecule has 2 aromatic heterocycles. The number of aromatic nitrogens is 2. The van der Waals surface area contributed by atoms with Crippen LogP contribution in [0.15, 0.2) is 47.8 Å². The second kappa shape index (κ2) is 7.96. The highest BCUT2D eigenvalue weighted by molar-refractivity contribution is 7.13. The van der Waals surface area contributed by atoms with E-state index in [0.717, 1.165) is 48.7 Å². The number of methoxy groups -OCH3 is 1. The first-order valence-corrected chi connectivity index (χ1v) is 10.1. The number of carbonyl (C=O) groups excluding carboxylic acids is 1. The Kier molecular flexibility index (Phi) is 5.25. The summed E-state index contributed by atoms with van der Waals surface area (Å²) in [6.07, 6.45) is 3.25. The smallest absolute Gasteiger partial charge is 0.274 e. The van der Waals surface area contributed by atoms with Gasteiger partial charge in [-0.3, -0.25) is 9.89 Å². The van der Waals surface area contributed by atoms with E-state index in [9.17, 15) is 4.79 Å². The molecule has 140 valence electrons. The number of nitrogens with one attached hydrogen (secondary N) is 1. The predicted molar refractivity (Wildman–Crippen MR) is 107 cm³/mol. The molecule has 0 aliphatic carbocycles. The lowest BCUT2D eigenvalue weighted by Gasteiger charge is -2.24. The van der Waals surface area contributed by atoms with Crippen LogP contribution in [0.2, 0.25) is 0 Å². The number of likely N-dealkylation sites (tertiary alicyclic amines) is 1. The Morgan fingerprint density at radius 3 is 2.85 bits per heavy atom. The molecule has 1 aromatic carbocycles. The molecule has 1 saturated heterocycles. The van der Waals surface area contributed by atoms with Gasteiger partial charge in [-0.05, 0) is 48.1 Å². The lowest BCUT2D eigenvalue weighted by atomic mass is 9.94. The number of amides is 1. The average molecular weight is 382 g/mol. The summed E-state index contributed by atoms with van der Waals surface area (Å²) in [6, 6.07) is 14.1. The van der Waals surface area contributed by atoms with E-state index in [-0.39, 0.29) is 5.91 Å². The number of rotatable bonds is 4. The van der Waals surface area contributed by atoms with E-state index >= 15 is 0 Å². The van der Waals surface area contributed by atoms with E-state index in [1.807, 2.05) is 40.6 Å². The number of nitrogens with zero attached hydrogens (tertiary/aromatic N) is 2. The summed E-state index contributed by atoms with van der Waals surface area (Å²) in [6.45, 7) is 1.51. The molecule has 0 saturated carbocycles. The lowest BCUT2D eigenvalue weighted by Crippen LogP contribution is -2.34. The van der Waals surface area contributed by atoms with Crippen LogP contribution in [-0.2, 0) is 0 Å². The molecule has 0 spiro atoms. The van der Waals surface area contributed by atoms with Gasteiger partial charge in [-0.25, -0.2) is 0 Å². The molecule has 5 nitrogen and oxygen atoms in total. The van der Waals surface area contributed by atoms with Crippen molar-refractivity contribution in [2.24, 2.45) is 0 Å². The maximum absolute atomic E-state index is 13.0. The van der Waals surface area contributed by atoms with Crippen LogP contribution in [-0.4, -0.2) is 41.2 Å². The fourth-order valence-corrected chi connectivity index (χ4v) is 4.32. The third-order valence-electron chi connectivity index (χ3n) is 5.13. The molecule has 1 atom stereocenters. The largest absolute Gasteiger partial charge is 0.497 e. The molecular formula is C21H23N3O2S. The Hall–Kier alpha value is -2.60. The quantitative estimate of drug-likeness (QED) is 0.721. The Morgan fingerprint density at radius 1 is 1.26 bits per heavy atom. The highest BCUT2D eigenvalue weighted by atomic mass is 32.1. The van der Waals surface area contributed by atoms with Crippen molar-refractivity contribution in [1.29, 1.82) is 0 Å². The number of thiophene rings is 1. The summed E-state index contributed by atoms with van der Waals surface area (Å²) in [5, 5.41) is 9.29. The van der Waals surface area contributed by atoms with E-state index in [1.165, 1.54) is 5.56 Å². The number of aromatic amines is 1. The summed E-state index contributed by atoms with van der Waals surface area (Å²) in [7, 11) is 1.68. The number of ether oxygens (including phenoxy) is 1. The molecule has 1 aliphatic heterocycles. The lowest BCUT2D eigenvalue weighted by molar-refractivity contribution is 0.0748. The Labute approximate surface area is 163 Å². The van der Waals surface area contributed by atoms with Gasteiger partial charge >= 0.3 is 0 Å². The molecule has 27 heavy (non-hydrogen) atoms. The molecule has 0 unspecified atom stereocenters. The molecule has 0 bridgehead atoms. The van der Waals surface area contributed by atoms with E-state index in [0.29, 0.717) is 11.6 Å².